The summed E-state index contributed by atoms with van der Waals surface area (Å²) in [4.78, 5) is 26.6. The molecule has 48 heavy (non-hydrogen) atoms. The second kappa shape index (κ2) is 37.4. The number of carbonyl (C=O) groups excluding carboxylic acids is 2. The first-order valence-corrected chi connectivity index (χ1v) is 21.2. The molecule has 0 saturated heterocycles. The van der Waals surface area contributed by atoms with Gasteiger partial charge in [0.15, 0.2) is 0 Å². The molecule has 0 aromatic carbocycles. The van der Waals surface area contributed by atoms with Gasteiger partial charge in [0.1, 0.15) is 6.10 Å². The number of hydrogen-bond donors (Lipinski definition) is 0. The largest absolute Gasteiger partial charge is 0.465 e. The zero-order valence-corrected chi connectivity index (χ0v) is 33.1. The topological polar surface area (TPSA) is 65.1 Å². The molecule has 7 heteroatoms. The van der Waals surface area contributed by atoms with E-state index in [4.69, 9.17) is 25.8 Å². The van der Waals surface area contributed by atoms with Crippen LogP contribution < -0.4 is 0 Å². The van der Waals surface area contributed by atoms with Crippen LogP contribution in [0.1, 0.15) is 195 Å². The number of nitrogens with zero attached hydrogens (tertiary/aromatic N) is 1. The van der Waals surface area contributed by atoms with Gasteiger partial charge in [-0.1, -0.05) is 149 Å². The van der Waals surface area contributed by atoms with Crippen molar-refractivity contribution in [3.8, 4) is 0 Å². The third-order valence-corrected chi connectivity index (χ3v) is 9.58. The molecule has 0 radical (unpaired) electrons. The molecule has 0 saturated carbocycles. The van der Waals surface area contributed by atoms with E-state index in [9.17, 15) is 9.59 Å². The van der Waals surface area contributed by atoms with Gasteiger partial charge in [-0.15, -0.1) is 11.6 Å². The SMILES string of the molecule is CCCCCCCCCCCCOCC(CN(CCCl)CCCCCC(=O)OCC(CCCCCC)CCCCCCCC)OC(C)=O. The van der Waals surface area contributed by atoms with Gasteiger partial charge in [0.05, 0.1) is 13.2 Å². The average Bonchev–Trinajstić information content (AvgIpc) is 3.06. The van der Waals surface area contributed by atoms with Crippen molar-refractivity contribution in [2.24, 2.45) is 5.92 Å². The highest BCUT2D eigenvalue weighted by Crippen LogP contribution is 2.20. The number of alkyl halides is 1. The fourth-order valence-corrected chi connectivity index (χ4v) is 6.65. The number of hydrogen-bond acceptors (Lipinski definition) is 6. The van der Waals surface area contributed by atoms with Crippen LogP contribution >= 0.6 is 11.6 Å². The smallest absolute Gasteiger partial charge is 0.305 e. The predicted molar refractivity (Wildman–Crippen MR) is 205 cm³/mol. The van der Waals surface area contributed by atoms with Gasteiger partial charge in [-0.2, -0.15) is 0 Å². The highest BCUT2D eigenvalue weighted by Gasteiger charge is 2.18. The summed E-state index contributed by atoms with van der Waals surface area (Å²) in [5, 5.41) is 0. The lowest BCUT2D eigenvalue weighted by atomic mass is 9.95. The van der Waals surface area contributed by atoms with Crippen LogP contribution in [0.15, 0.2) is 0 Å². The first kappa shape index (κ1) is 47.1. The molecule has 0 spiro atoms. The van der Waals surface area contributed by atoms with Gasteiger partial charge in [0.25, 0.3) is 0 Å². The maximum absolute atomic E-state index is 12.6. The summed E-state index contributed by atoms with van der Waals surface area (Å²) in [6.45, 7) is 12.2. The molecule has 2 unspecified atom stereocenters. The Hall–Kier alpha value is -0.850. The molecule has 0 N–H and O–H groups in total. The molecule has 0 aliphatic heterocycles. The molecule has 0 aliphatic rings. The minimum Gasteiger partial charge on any atom is -0.465 e. The van der Waals surface area contributed by atoms with E-state index in [0.717, 1.165) is 38.8 Å². The molecule has 0 heterocycles. The molecule has 286 valence electrons. The molecule has 0 rings (SSSR count). The number of esters is 2. The first-order chi connectivity index (χ1) is 23.5. The molecule has 6 nitrogen and oxygen atoms in total. The minimum absolute atomic E-state index is 0.0522. The van der Waals surface area contributed by atoms with E-state index in [1.165, 1.54) is 142 Å². The van der Waals surface area contributed by atoms with Gasteiger partial charge >= 0.3 is 11.9 Å². The van der Waals surface area contributed by atoms with E-state index in [-0.39, 0.29) is 18.0 Å². The van der Waals surface area contributed by atoms with Crippen molar-refractivity contribution in [2.75, 3.05) is 45.3 Å². The summed E-state index contributed by atoms with van der Waals surface area (Å²) >= 11 is 6.12. The Morgan fingerprint density at radius 1 is 0.604 bits per heavy atom. The van der Waals surface area contributed by atoms with Crippen LogP contribution in [0.4, 0.5) is 0 Å². The summed E-state index contributed by atoms with van der Waals surface area (Å²) in [5.74, 6) is 0.701. The Balaban J connectivity index is 4.31. The fraction of sp³-hybridized carbons (Fsp3) is 0.951. The normalized spacial score (nSPS) is 12.8. The van der Waals surface area contributed by atoms with Crippen molar-refractivity contribution in [1.29, 1.82) is 0 Å². The van der Waals surface area contributed by atoms with Crippen LogP contribution in [0.5, 0.6) is 0 Å². The Kier molecular flexibility index (Phi) is 36.7. The van der Waals surface area contributed by atoms with Gasteiger partial charge in [0, 0.05) is 38.9 Å². The summed E-state index contributed by atoms with van der Waals surface area (Å²) in [5.41, 5.74) is 0. The number of unbranched alkanes of at least 4 members (excludes halogenated alkanes) is 19. The van der Waals surface area contributed by atoms with Gasteiger partial charge in [-0.3, -0.25) is 14.5 Å². The highest BCUT2D eigenvalue weighted by atomic mass is 35.5. The Morgan fingerprint density at radius 2 is 1.10 bits per heavy atom. The van der Waals surface area contributed by atoms with E-state index in [2.05, 4.69) is 25.7 Å². The highest BCUT2D eigenvalue weighted by molar-refractivity contribution is 6.18. The Labute approximate surface area is 303 Å². The lowest BCUT2D eigenvalue weighted by Crippen LogP contribution is -2.39. The maximum atomic E-state index is 12.6. The first-order valence-electron chi connectivity index (χ1n) is 20.7. The van der Waals surface area contributed by atoms with Crippen molar-refractivity contribution in [3.05, 3.63) is 0 Å². The second-order valence-corrected chi connectivity index (χ2v) is 14.6. The zero-order chi connectivity index (χ0) is 35.3. The van der Waals surface area contributed by atoms with Crippen molar-refractivity contribution in [3.63, 3.8) is 0 Å². The molecule has 0 aromatic rings. The minimum atomic E-state index is -0.296. The van der Waals surface area contributed by atoms with Crippen LogP contribution in [0, 0.1) is 5.92 Å². The van der Waals surface area contributed by atoms with Crippen LogP contribution in [0.2, 0.25) is 0 Å². The van der Waals surface area contributed by atoms with E-state index in [0.29, 0.717) is 44.6 Å². The van der Waals surface area contributed by atoms with Gasteiger partial charge < -0.3 is 14.2 Å². The standard InChI is InChI=1S/C41H80ClNO5/c1-5-8-11-14-16-17-18-19-21-27-34-46-37-40(48-38(4)44)35-43(33-31-42)32-26-22-25-30-41(45)47-36-39(28-23-13-10-7-3)29-24-20-15-12-9-6-2/h39-40H,5-37H2,1-4H3. The predicted octanol–water partition coefficient (Wildman–Crippen LogP) is 11.8. The van der Waals surface area contributed by atoms with E-state index < -0.39 is 0 Å². The molecule has 0 fully saturated rings. The quantitative estimate of drug-likeness (QED) is 0.0363. The Morgan fingerprint density at radius 3 is 1.65 bits per heavy atom. The molecule has 0 aliphatic carbocycles. The summed E-state index contributed by atoms with van der Waals surface area (Å²) in [7, 11) is 0. The monoisotopic (exact) mass is 702 g/mol. The summed E-state index contributed by atoms with van der Waals surface area (Å²) < 4.78 is 17.3. The zero-order valence-electron chi connectivity index (χ0n) is 32.4. The molecular formula is C41H80ClNO5. The van der Waals surface area contributed by atoms with Crippen molar-refractivity contribution in [2.45, 2.75) is 201 Å². The van der Waals surface area contributed by atoms with Crippen LogP contribution in [-0.4, -0.2) is 68.3 Å². The molecule has 0 aromatic heterocycles. The number of ether oxygens (including phenoxy) is 3. The summed E-state index contributed by atoms with van der Waals surface area (Å²) in [6, 6.07) is 0. The average molecular weight is 703 g/mol. The lowest BCUT2D eigenvalue weighted by molar-refractivity contribution is -0.150. The molecular weight excluding hydrogens is 622 g/mol. The van der Waals surface area contributed by atoms with Crippen molar-refractivity contribution >= 4 is 23.5 Å². The number of carbonyl (C=O) groups is 2. The maximum Gasteiger partial charge on any atom is 0.305 e. The van der Waals surface area contributed by atoms with Gasteiger partial charge in [-0.05, 0) is 44.6 Å². The number of rotatable bonds is 38. The number of halogens is 1. The van der Waals surface area contributed by atoms with Crippen molar-refractivity contribution < 1.29 is 23.8 Å². The van der Waals surface area contributed by atoms with Crippen LogP contribution in [0.3, 0.4) is 0 Å². The van der Waals surface area contributed by atoms with Gasteiger partial charge in [0.2, 0.25) is 0 Å². The summed E-state index contributed by atoms with van der Waals surface area (Å²) in [6.07, 6.45) is 31.2. The molecule has 0 bridgehead atoms. The second-order valence-electron chi connectivity index (χ2n) is 14.2. The van der Waals surface area contributed by atoms with E-state index in [1.54, 1.807) is 0 Å². The van der Waals surface area contributed by atoms with Gasteiger partial charge in [-0.25, -0.2) is 0 Å². The molecule has 0 amide bonds. The van der Waals surface area contributed by atoms with Crippen LogP contribution in [0.25, 0.3) is 0 Å². The fourth-order valence-electron chi connectivity index (χ4n) is 6.42. The van der Waals surface area contributed by atoms with Crippen LogP contribution in [-0.2, 0) is 23.8 Å². The van der Waals surface area contributed by atoms with E-state index >= 15 is 0 Å². The Bertz CT molecular complexity index is 694. The third kappa shape index (κ3) is 33.6. The van der Waals surface area contributed by atoms with Crippen molar-refractivity contribution in [1.82, 2.24) is 4.90 Å². The lowest BCUT2D eigenvalue weighted by Gasteiger charge is -2.26. The molecule has 2 atom stereocenters. The third-order valence-electron chi connectivity index (χ3n) is 9.41. The van der Waals surface area contributed by atoms with E-state index in [1.807, 2.05) is 0 Å².